The molecule has 1 saturated heterocycles. The summed E-state index contributed by atoms with van der Waals surface area (Å²) in [6.45, 7) is 2.38. The van der Waals surface area contributed by atoms with Crippen molar-refractivity contribution in [3.63, 3.8) is 0 Å². The average Bonchev–Trinajstić information content (AvgIpc) is 3.26. The summed E-state index contributed by atoms with van der Waals surface area (Å²) in [6, 6.07) is 11.5. The Morgan fingerprint density at radius 2 is 2.16 bits per heavy atom. The highest BCUT2D eigenvalue weighted by atomic mass is 16.5. The molecule has 0 bridgehead atoms. The molecule has 2 heterocycles. The molecular formula is C19H23N3O3. The highest BCUT2D eigenvalue weighted by Crippen LogP contribution is 2.28. The first-order valence-corrected chi connectivity index (χ1v) is 8.69. The summed E-state index contributed by atoms with van der Waals surface area (Å²) in [5.74, 6) is 0.722. The van der Waals surface area contributed by atoms with Gasteiger partial charge in [0.1, 0.15) is 5.69 Å². The number of hydrogen-bond acceptors (Lipinski definition) is 4. The van der Waals surface area contributed by atoms with Crippen LogP contribution >= 0.6 is 0 Å². The van der Waals surface area contributed by atoms with Crippen LogP contribution < -0.4 is 10.6 Å². The van der Waals surface area contributed by atoms with Gasteiger partial charge in [0.05, 0.1) is 6.54 Å². The number of aromatic nitrogens is 1. The van der Waals surface area contributed by atoms with Gasteiger partial charge in [-0.05, 0) is 19.3 Å². The minimum atomic E-state index is -0.219. The Hall–Kier alpha value is -2.63. The molecule has 25 heavy (non-hydrogen) atoms. The molecule has 0 spiro atoms. The first-order chi connectivity index (χ1) is 12.1. The molecule has 0 saturated carbocycles. The van der Waals surface area contributed by atoms with Crippen LogP contribution in [0.15, 0.2) is 40.9 Å². The molecule has 2 N–H and O–H groups in total. The van der Waals surface area contributed by atoms with E-state index in [9.17, 15) is 9.59 Å². The SMILES string of the molecule is CCC1(CCC(=O)NCc2cc(-c3ccccc3)on2)CCC(=O)N1. The molecule has 0 aliphatic carbocycles. The second-order valence-corrected chi connectivity index (χ2v) is 6.51. The Morgan fingerprint density at radius 3 is 2.84 bits per heavy atom. The van der Waals surface area contributed by atoms with Crippen LogP contribution in [0.4, 0.5) is 0 Å². The van der Waals surface area contributed by atoms with Crippen molar-refractivity contribution in [3.05, 3.63) is 42.1 Å². The maximum atomic E-state index is 12.1. The molecule has 0 radical (unpaired) electrons. The summed E-state index contributed by atoms with van der Waals surface area (Å²) in [6.07, 6.45) is 3.25. The molecule has 1 atom stereocenters. The van der Waals surface area contributed by atoms with Crippen molar-refractivity contribution >= 4 is 11.8 Å². The predicted molar refractivity (Wildman–Crippen MR) is 93.4 cm³/mol. The van der Waals surface area contributed by atoms with Crippen LogP contribution in [0.25, 0.3) is 11.3 Å². The van der Waals surface area contributed by atoms with Crippen LogP contribution in [-0.2, 0) is 16.1 Å². The Morgan fingerprint density at radius 1 is 1.36 bits per heavy atom. The first kappa shape index (κ1) is 17.2. The minimum absolute atomic E-state index is 0.0433. The number of nitrogens with zero attached hydrogens (tertiary/aromatic N) is 1. The van der Waals surface area contributed by atoms with Gasteiger partial charge in [-0.15, -0.1) is 0 Å². The van der Waals surface area contributed by atoms with Crippen LogP contribution in [0, 0.1) is 0 Å². The molecule has 1 aliphatic heterocycles. The fourth-order valence-electron chi connectivity index (χ4n) is 3.17. The number of nitrogens with one attached hydrogen (secondary N) is 2. The van der Waals surface area contributed by atoms with Crippen LogP contribution in [0.3, 0.4) is 0 Å². The van der Waals surface area contributed by atoms with Crippen LogP contribution in [0.5, 0.6) is 0 Å². The van der Waals surface area contributed by atoms with E-state index in [1.165, 1.54) is 0 Å². The standard InChI is InChI=1S/C19H23N3O3/c1-2-19(11-9-18(24)21-19)10-8-17(23)20-13-15-12-16(25-22-15)14-6-4-3-5-7-14/h3-7,12H,2,8-11,13H2,1H3,(H,20,23)(H,21,24). The van der Waals surface area contributed by atoms with Gasteiger partial charge in [-0.2, -0.15) is 0 Å². The van der Waals surface area contributed by atoms with Crippen molar-refractivity contribution < 1.29 is 14.1 Å². The van der Waals surface area contributed by atoms with Crippen LogP contribution in [0.1, 0.15) is 44.7 Å². The lowest BCUT2D eigenvalue weighted by atomic mass is 9.89. The monoisotopic (exact) mass is 341 g/mol. The van der Waals surface area contributed by atoms with E-state index in [0.717, 1.165) is 18.4 Å². The average molecular weight is 341 g/mol. The van der Waals surface area contributed by atoms with E-state index in [4.69, 9.17) is 4.52 Å². The second-order valence-electron chi connectivity index (χ2n) is 6.51. The summed E-state index contributed by atoms with van der Waals surface area (Å²) in [7, 11) is 0. The van der Waals surface area contributed by atoms with Crippen molar-refractivity contribution in [3.8, 4) is 11.3 Å². The quantitative estimate of drug-likeness (QED) is 0.811. The number of carbonyl (C=O) groups is 2. The first-order valence-electron chi connectivity index (χ1n) is 8.69. The number of hydrogen-bond donors (Lipinski definition) is 2. The van der Waals surface area contributed by atoms with Gasteiger partial charge >= 0.3 is 0 Å². The van der Waals surface area contributed by atoms with Crippen molar-refractivity contribution in [2.75, 3.05) is 0 Å². The maximum absolute atomic E-state index is 12.1. The largest absolute Gasteiger partial charge is 0.356 e. The molecule has 132 valence electrons. The molecule has 2 amide bonds. The van der Waals surface area contributed by atoms with Crippen LogP contribution in [-0.4, -0.2) is 22.5 Å². The number of carbonyl (C=O) groups excluding carboxylic acids is 2. The second kappa shape index (κ2) is 7.51. The molecule has 6 heteroatoms. The van der Waals surface area contributed by atoms with Crippen molar-refractivity contribution in [1.82, 2.24) is 15.8 Å². The van der Waals surface area contributed by atoms with Gasteiger partial charge < -0.3 is 15.2 Å². The van der Waals surface area contributed by atoms with Gasteiger partial charge in [0.2, 0.25) is 11.8 Å². The Labute approximate surface area is 147 Å². The van der Waals surface area contributed by atoms with Crippen LogP contribution in [0.2, 0.25) is 0 Å². The van der Waals surface area contributed by atoms with Gasteiger partial charge in [0.15, 0.2) is 5.76 Å². The number of rotatable bonds is 7. The molecule has 1 unspecified atom stereocenters. The molecule has 2 aromatic rings. The Bertz CT molecular complexity index is 741. The van der Waals surface area contributed by atoms with Crippen molar-refractivity contribution in [2.24, 2.45) is 0 Å². The zero-order valence-corrected chi connectivity index (χ0v) is 14.4. The van der Waals surface area contributed by atoms with Gasteiger partial charge in [-0.1, -0.05) is 42.4 Å². The number of amides is 2. The minimum Gasteiger partial charge on any atom is -0.356 e. The van der Waals surface area contributed by atoms with Gasteiger partial charge in [-0.3, -0.25) is 9.59 Å². The zero-order valence-electron chi connectivity index (χ0n) is 14.4. The van der Waals surface area contributed by atoms with Gasteiger partial charge in [0, 0.05) is 30.0 Å². The molecule has 6 nitrogen and oxygen atoms in total. The zero-order chi connectivity index (χ0) is 17.7. The van der Waals surface area contributed by atoms with Gasteiger partial charge in [0.25, 0.3) is 0 Å². The summed E-state index contributed by atoms with van der Waals surface area (Å²) < 4.78 is 5.32. The lowest BCUT2D eigenvalue weighted by Gasteiger charge is -2.27. The molecule has 3 rings (SSSR count). The van der Waals surface area contributed by atoms with E-state index < -0.39 is 0 Å². The third-order valence-electron chi connectivity index (χ3n) is 4.83. The third kappa shape index (κ3) is 4.26. The topological polar surface area (TPSA) is 84.2 Å². The van der Waals surface area contributed by atoms with E-state index in [1.807, 2.05) is 43.3 Å². The summed E-state index contributed by atoms with van der Waals surface area (Å²) >= 11 is 0. The van der Waals surface area contributed by atoms with E-state index in [-0.39, 0.29) is 17.4 Å². The molecular weight excluding hydrogens is 318 g/mol. The lowest BCUT2D eigenvalue weighted by Crippen LogP contribution is -2.42. The Kier molecular flexibility index (Phi) is 5.16. The molecule has 1 aliphatic rings. The highest BCUT2D eigenvalue weighted by Gasteiger charge is 2.35. The van der Waals surface area contributed by atoms with E-state index in [2.05, 4.69) is 15.8 Å². The Balaban J connectivity index is 1.48. The van der Waals surface area contributed by atoms with E-state index in [0.29, 0.717) is 37.3 Å². The molecule has 1 fully saturated rings. The smallest absolute Gasteiger partial charge is 0.220 e. The summed E-state index contributed by atoms with van der Waals surface area (Å²) in [4.78, 5) is 23.6. The number of benzene rings is 1. The van der Waals surface area contributed by atoms with Crippen molar-refractivity contribution in [1.29, 1.82) is 0 Å². The van der Waals surface area contributed by atoms with Gasteiger partial charge in [-0.25, -0.2) is 0 Å². The summed E-state index contributed by atoms with van der Waals surface area (Å²) in [5, 5.41) is 9.88. The lowest BCUT2D eigenvalue weighted by molar-refractivity contribution is -0.123. The summed E-state index contributed by atoms with van der Waals surface area (Å²) in [5.41, 5.74) is 1.42. The predicted octanol–water partition coefficient (Wildman–Crippen LogP) is 2.80. The third-order valence-corrected chi connectivity index (χ3v) is 4.83. The normalized spacial score (nSPS) is 19.6. The van der Waals surface area contributed by atoms with E-state index in [1.54, 1.807) is 0 Å². The fourth-order valence-corrected chi connectivity index (χ4v) is 3.17. The molecule has 1 aromatic carbocycles. The van der Waals surface area contributed by atoms with E-state index >= 15 is 0 Å². The fraction of sp³-hybridized carbons (Fsp3) is 0.421. The van der Waals surface area contributed by atoms with Crippen molar-refractivity contribution in [2.45, 2.75) is 51.1 Å². The molecule has 1 aromatic heterocycles. The maximum Gasteiger partial charge on any atom is 0.220 e. The highest BCUT2D eigenvalue weighted by molar-refractivity contribution is 5.80.